The number of nitrogens with one attached hydrogen (secondary N) is 1. The first-order valence-electron chi connectivity index (χ1n) is 15.8. The Labute approximate surface area is 258 Å². The standard InChI is InChI=1S/C41H44N2/c1-29(2)13-12-14-30(3)31-19-21-32(22-20-31)42-33-23-25-37-38-26-24-36(28-40(38)41(4,5)39(37)27-33)43(34-15-8-6-9-16-34)35-17-10-7-11-18-35/h6,8-10,12-17,19-23,25,27-28,35,42H,3,7,11,18,24,26H2,1-2,4-5H3/b14-12-/t35-/m0/s1. The van der Waals surface area contributed by atoms with Crippen molar-refractivity contribution >= 4 is 28.2 Å². The summed E-state index contributed by atoms with van der Waals surface area (Å²) in [5, 5.41) is 3.66. The van der Waals surface area contributed by atoms with Crippen LogP contribution >= 0.6 is 0 Å². The summed E-state index contributed by atoms with van der Waals surface area (Å²) in [6, 6.07) is 26.9. The highest BCUT2D eigenvalue weighted by molar-refractivity contribution is 5.85. The molecule has 1 N–H and O–H groups in total. The van der Waals surface area contributed by atoms with Crippen LogP contribution in [0.4, 0.5) is 17.1 Å². The number of para-hydroxylation sites is 1. The number of hydrogen-bond donors (Lipinski definition) is 1. The molecular weight excluding hydrogens is 520 g/mol. The van der Waals surface area contributed by atoms with Gasteiger partial charge in [-0.3, -0.25) is 0 Å². The summed E-state index contributed by atoms with van der Waals surface area (Å²) in [6.07, 6.45) is 19.4. The monoisotopic (exact) mass is 564 g/mol. The Morgan fingerprint density at radius 1 is 0.953 bits per heavy atom. The number of nitrogens with zero attached hydrogens (tertiary/aromatic N) is 1. The highest BCUT2D eigenvalue weighted by Gasteiger charge is 2.39. The lowest BCUT2D eigenvalue weighted by molar-refractivity contribution is 0.602. The third kappa shape index (κ3) is 5.97. The van der Waals surface area contributed by atoms with Crippen LogP contribution in [0.15, 0.2) is 133 Å². The van der Waals surface area contributed by atoms with Crippen molar-refractivity contribution in [1.82, 2.24) is 0 Å². The van der Waals surface area contributed by atoms with Crippen LogP contribution < -0.4 is 10.2 Å². The van der Waals surface area contributed by atoms with E-state index in [1.165, 1.54) is 58.5 Å². The molecule has 0 amide bonds. The zero-order valence-electron chi connectivity index (χ0n) is 26.2. The van der Waals surface area contributed by atoms with Crippen LogP contribution in [0.2, 0.25) is 0 Å². The summed E-state index contributed by atoms with van der Waals surface area (Å²) in [6.45, 7) is 13.2. The Balaban J connectivity index is 1.24. The predicted octanol–water partition coefficient (Wildman–Crippen LogP) is 11.3. The van der Waals surface area contributed by atoms with Gasteiger partial charge in [0.2, 0.25) is 0 Å². The Morgan fingerprint density at radius 2 is 1.72 bits per heavy atom. The Kier molecular flexibility index (Phi) is 8.13. The van der Waals surface area contributed by atoms with Gasteiger partial charge in [-0.15, -0.1) is 0 Å². The smallest absolute Gasteiger partial charge is 0.0519 e. The van der Waals surface area contributed by atoms with E-state index in [4.69, 9.17) is 0 Å². The zero-order valence-corrected chi connectivity index (χ0v) is 26.2. The van der Waals surface area contributed by atoms with Crippen molar-refractivity contribution < 1.29 is 0 Å². The molecule has 0 unspecified atom stereocenters. The maximum atomic E-state index is 4.23. The van der Waals surface area contributed by atoms with Gasteiger partial charge in [0, 0.05) is 28.2 Å². The van der Waals surface area contributed by atoms with Crippen molar-refractivity contribution in [2.75, 3.05) is 10.2 Å². The minimum Gasteiger partial charge on any atom is -0.356 e. The van der Waals surface area contributed by atoms with Crippen LogP contribution in [-0.4, -0.2) is 6.04 Å². The number of hydrogen-bond acceptors (Lipinski definition) is 2. The highest BCUT2D eigenvalue weighted by atomic mass is 15.2. The van der Waals surface area contributed by atoms with E-state index >= 15 is 0 Å². The minimum atomic E-state index is -0.0575. The second kappa shape index (κ2) is 12.1. The fraction of sp³-hybridized carbons (Fsp3) is 0.268. The molecule has 2 nitrogen and oxygen atoms in total. The molecule has 3 aromatic carbocycles. The second-order valence-corrected chi connectivity index (χ2v) is 12.9. The van der Waals surface area contributed by atoms with Crippen LogP contribution in [0.25, 0.3) is 11.1 Å². The fourth-order valence-corrected chi connectivity index (χ4v) is 6.84. The SMILES string of the molecule is C=C(/C=C\C=C(C)C)c1ccc(Nc2ccc3c(c2)C(C)(C)C2=C3CCC(N(c3ccccc3)[C@H]3C=CCCC3)=C2)cc1. The summed E-state index contributed by atoms with van der Waals surface area (Å²) in [5.74, 6) is 0. The topological polar surface area (TPSA) is 15.3 Å². The Bertz CT molecular complexity index is 1650. The fourth-order valence-electron chi connectivity index (χ4n) is 6.84. The van der Waals surface area contributed by atoms with Crippen LogP contribution in [0, 0.1) is 0 Å². The summed E-state index contributed by atoms with van der Waals surface area (Å²) >= 11 is 0. The summed E-state index contributed by atoms with van der Waals surface area (Å²) < 4.78 is 0. The summed E-state index contributed by atoms with van der Waals surface area (Å²) in [7, 11) is 0. The number of rotatable bonds is 8. The van der Waals surface area contributed by atoms with Crippen molar-refractivity contribution in [3.05, 3.63) is 149 Å². The molecule has 0 aromatic heterocycles. The van der Waals surface area contributed by atoms with E-state index in [-0.39, 0.29) is 5.41 Å². The molecule has 0 saturated heterocycles. The molecule has 0 bridgehead atoms. The average Bonchev–Trinajstić information content (AvgIpc) is 3.24. The van der Waals surface area contributed by atoms with E-state index in [2.05, 4.69) is 154 Å². The molecule has 43 heavy (non-hydrogen) atoms. The van der Waals surface area contributed by atoms with Crippen molar-refractivity contribution in [3.63, 3.8) is 0 Å². The molecule has 1 atom stereocenters. The second-order valence-electron chi connectivity index (χ2n) is 12.9. The Morgan fingerprint density at radius 3 is 2.44 bits per heavy atom. The van der Waals surface area contributed by atoms with E-state index < -0.39 is 0 Å². The maximum Gasteiger partial charge on any atom is 0.0519 e. The van der Waals surface area contributed by atoms with Crippen molar-refractivity contribution in [1.29, 1.82) is 0 Å². The van der Waals surface area contributed by atoms with Gasteiger partial charge in [0.1, 0.15) is 0 Å². The molecule has 0 fully saturated rings. The molecule has 0 spiro atoms. The predicted molar refractivity (Wildman–Crippen MR) is 187 cm³/mol. The van der Waals surface area contributed by atoms with E-state index in [1.807, 2.05) is 0 Å². The lowest BCUT2D eigenvalue weighted by atomic mass is 9.79. The molecule has 0 heterocycles. The minimum absolute atomic E-state index is 0.0575. The van der Waals surface area contributed by atoms with Gasteiger partial charge < -0.3 is 10.2 Å². The van der Waals surface area contributed by atoms with Gasteiger partial charge in [-0.05, 0) is 122 Å². The Hall–Kier alpha value is -4.30. The van der Waals surface area contributed by atoms with Crippen LogP contribution in [-0.2, 0) is 5.41 Å². The highest BCUT2D eigenvalue weighted by Crippen LogP contribution is 2.52. The molecule has 218 valence electrons. The molecular formula is C41H44N2. The number of anilines is 3. The van der Waals surface area contributed by atoms with E-state index in [0.717, 1.165) is 35.4 Å². The first-order chi connectivity index (χ1) is 20.8. The van der Waals surface area contributed by atoms with E-state index in [0.29, 0.717) is 6.04 Å². The largest absolute Gasteiger partial charge is 0.356 e. The van der Waals surface area contributed by atoms with Gasteiger partial charge in [0.25, 0.3) is 0 Å². The van der Waals surface area contributed by atoms with Gasteiger partial charge in [-0.25, -0.2) is 0 Å². The number of allylic oxidation sites excluding steroid dienone is 10. The zero-order chi connectivity index (χ0) is 30.0. The molecule has 6 rings (SSSR count). The third-order valence-electron chi connectivity index (χ3n) is 9.13. The molecule has 3 aliphatic rings. The maximum absolute atomic E-state index is 4.23. The number of fused-ring (bicyclic) bond motifs is 2. The van der Waals surface area contributed by atoms with Crippen molar-refractivity contribution in [2.45, 2.75) is 71.3 Å². The number of benzene rings is 3. The van der Waals surface area contributed by atoms with Gasteiger partial charge in [-0.2, -0.15) is 0 Å². The quantitative estimate of drug-likeness (QED) is 0.216. The normalized spacial score (nSPS) is 18.6. The molecule has 0 saturated carbocycles. The molecule has 3 aliphatic carbocycles. The van der Waals surface area contributed by atoms with Crippen LogP contribution in [0.3, 0.4) is 0 Å². The molecule has 0 aliphatic heterocycles. The van der Waals surface area contributed by atoms with Crippen LogP contribution in [0.1, 0.15) is 76.5 Å². The third-order valence-corrected chi connectivity index (χ3v) is 9.13. The van der Waals surface area contributed by atoms with Gasteiger partial charge in [0.15, 0.2) is 0 Å². The van der Waals surface area contributed by atoms with Gasteiger partial charge in [0.05, 0.1) is 6.04 Å². The van der Waals surface area contributed by atoms with Crippen molar-refractivity contribution in [3.8, 4) is 0 Å². The molecule has 2 heteroatoms. The van der Waals surface area contributed by atoms with E-state index in [1.54, 1.807) is 0 Å². The lowest BCUT2D eigenvalue weighted by Crippen LogP contribution is -2.35. The van der Waals surface area contributed by atoms with Gasteiger partial charge in [-0.1, -0.05) is 92.8 Å². The van der Waals surface area contributed by atoms with Crippen LogP contribution in [0.5, 0.6) is 0 Å². The first-order valence-corrected chi connectivity index (χ1v) is 15.8. The van der Waals surface area contributed by atoms with Gasteiger partial charge >= 0.3 is 0 Å². The summed E-state index contributed by atoms with van der Waals surface area (Å²) in [5.41, 5.74) is 14.1. The first kappa shape index (κ1) is 28.8. The average molecular weight is 565 g/mol. The van der Waals surface area contributed by atoms with E-state index in [9.17, 15) is 0 Å². The van der Waals surface area contributed by atoms with Crippen molar-refractivity contribution in [2.24, 2.45) is 0 Å². The lowest BCUT2D eigenvalue weighted by Gasteiger charge is -2.38. The summed E-state index contributed by atoms with van der Waals surface area (Å²) in [4.78, 5) is 2.61. The molecule has 0 radical (unpaired) electrons. The molecule has 3 aromatic rings.